The molecule has 2 aromatic carbocycles. The summed E-state index contributed by atoms with van der Waals surface area (Å²) in [6, 6.07) is 12.4. The summed E-state index contributed by atoms with van der Waals surface area (Å²) in [7, 11) is 1.68. The molecule has 2 fully saturated rings. The summed E-state index contributed by atoms with van der Waals surface area (Å²) in [4.78, 5) is 16.9. The van der Waals surface area contributed by atoms with E-state index in [-0.39, 0.29) is 24.4 Å². The Morgan fingerprint density at radius 3 is 2.68 bits per heavy atom. The lowest BCUT2D eigenvalue weighted by molar-refractivity contribution is -0.140. The average molecular weight is 406 g/mol. The topological polar surface area (TPSA) is 54.0 Å². The molecule has 4 rings (SSSR count). The number of methoxy groups -OCH3 is 1. The Morgan fingerprint density at radius 2 is 1.89 bits per heavy atom. The molecule has 0 spiro atoms. The van der Waals surface area contributed by atoms with Crippen LogP contribution in [0.15, 0.2) is 36.4 Å². The predicted molar refractivity (Wildman–Crippen MR) is 112 cm³/mol. The van der Waals surface area contributed by atoms with E-state index in [1.807, 2.05) is 17.0 Å². The first-order valence-corrected chi connectivity index (χ1v) is 9.63. The first-order chi connectivity index (χ1) is 13.2. The standard InChI is InChI=1S/C21H27N3O3.ClH/c1-26-19-5-4-16-12-18(3-2-17(16)13-19)20-14-24(10-11-27-20)21(25)15-23-8-6-22-7-9-23;/h2-5,12-13,20,22H,6-11,14-15H2,1H3;1H. The predicted octanol–water partition coefficient (Wildman–Crippen LogP) is 2.08. The van der Waals surface area contributed by atoms with Crippen molar-refractivity contribution in [1.82, 2.24) is 15.1 Å². The van der Waals surface area contributed by atoms with Crippen LogP contribution in [-0.4, -0.2) is 75.2 Å². The van der Waals surface area contributed by atoms with Crippen LogP contribution < -0.4 is 10.1 Å². The van der Waals surface area contributed by atoms with Gasteiger partial charge in [0.1, 0.15) is 11.9 Å². The highest BCUT2D eigenvalue weighted by molar-refractivity contribution is 5.85. The monoisotopic (exact) mass is 405 g/mol. The zero-order valence-corrected chi connectivity index (χ0v) is 17.0. The molecular formula is C21H28ClN3O3. The molecule has 1 atom stereocenters. The van der Waals surface area contributed by atoms with Gasteiger partial charge in [-0.2, -0.15) is 0 Å². The number of piperazine rings is 1. The first kappa shape index (κ1) is 20.9. The van der Waals surface area contributed by atoms with Gasteiger partial charge in [0.2, 0.25) is 5.91 Å². The van der Waals surface area contributed by atoms with Crippen LogP contribution in [0.4, 0.5) is 0 Å². The highest BCUT2D eigenvalue weighted by atomic mass is 35.5. The fourth-order valence-electron chi connectivity index (χ4n) is 3.81. The molecule has 0 aliphatic carbocycles. The van der Waals surface area contributed by atoms with Gasteiger partial charge in [-0.05, 0) is 34.5 Å². The smallest absolute Gasteiger partial charge is 0.236 e. The fraction of sp³-hybridized carbons (Fsp3) is 0.476. The molecule has 0 aromatic heterocycles. The Hall–Kier alpha value is -1.86. The SMILES string of the molecule is COc1ccc2cc(C3CN(C(=O)CN4CCNCC4)CCO3)ccc2c1.Cl. The fourth-order valence-corrected chi connectivity index (χ4v) is 3.81. The Morgan fingerprint density at radius 1 is 1.14 bits per heavy atom. The van der Waals surface area contributed by atoms with Crippen LogP contribution in [0.1, 0.15) is 11.7 Å². The zero-order chi connectivity index (χ0) is 18.6. The lowest BCUT2D eigenvalue weighted by Gasteiger charge is -2.35. The molecule has 2 aromatic rings. The summed E-state index contributed by atoms with van der Waals surface area (Å²) in [5.74, 6) is 1.06. The van der Waals surface area contributed by atoms with Crippen molar-refractivity contribution >= 4 is 29.1 Å². The van der Waals surface area contributed by atoms with E-state index in [1.54, 1.807) is 7.11 Å². The Balaban J connectivity index is 0.00000225. The van der Waals surface area contributed by atoms with Crippen molar-refractivity contribution in [2.75, 3.05) is 59.5 Å². The minimum Gasteiger partial charge on any atom is -0.497 e. The van der Waals surface area contributed by atoms with Crippen molar-refractivity contribution in [1.29, 1.82) is 0 Å². The maximum absolute atomic E-state index is 12.7. The van der Waals surface area contributed by atoms with Gasteiger partial charge in [0.05, 0.1) is 26.8 Å². The van der Waals surface area contributed by atoms with E-state index in [4.69, 9.17) is 9.47 Å². The molecule has 2 heterocycles. The summed E-state index contributed by atoms with van der Waals surface area (Å²) in [6.07, 6.45) is -0.0720. The summed E-state index contributed by atoms with van der Waals surface area (Å²) in [5, 5.41) is 5.62. The molecule has 1 amide bonds. The number of benzene rings is 2. The van der Waals surface area contributed by atoms with E-state index >= 15 is 0 Å². The molecule has 1 unspecified atom stereocenters. The molecule has 0 saturated carbocycles. The Labute approximate surface area is 172 Å². The Kier molecular flexibility index (Phi) is 7.13. The summed E-state index contributed by atoms with van der Waals surface area (Å²) >= 11 is 0. The van der Waals surface area contributed by atoms with Gasteiger partial charge in [0.25, 0.3) is 0 Å². The number of fused-ring (bicyclic) bond motifs is 1. The third-order valence-electron chi connectivity index (χ3n) is 5.43. The van der Waals surface area contributed by atoms with Crippen molar-refractivity contribution in [3.05, 3.63) is 42.0 Å². The van der Waals surface area contributed by atoms with Crippen molar-refractivity contribution in [2.24, 2.45) is 0 Å². The number of halogens is 1. The van der Waals surface area contributed by atoms with Crippen molar-refractivity contribution in [3.8, 4) is 5.75 Å². The van der Waals surface area contributed by atoms with E-state index in [0.717, 1.165) is 48.3 Å². The van der Waals surface area contributed by atoms with Crippen LogP contribution in [0.25, 0.3) is 10.8 Å². The van der Waals surface area contributed by atoms with Crippen LogP contribution in [0.5, 0.6) is 5.75 Å². The lowest BCUT2D eigenvalue weighted by Crippen LogP contribution is -2.50. The zero-order valence-electron chi connectivity index (χ0n) is 16.2. The van der Waals surface area contributed by atoms with E-state index < -0.39 is 0 Å². The van der Waals surface area contributed by atoms with Crippen LogP contribution >= 0.6 is 12.4 Å². The van der Waals surface area contributed by atoms with Crippen molar-refractivity contribution in [2.45, 2.75) is 6.10 Å². The van der Waals surface area contributed by atoms with Crippen molar-refractivity contribution in [3.63, 3.8) is 0 Å². The maximum atomic E-state index is 12.7. The number of hydrogen-bond acceptors (Lipinski definition) is 5. The molecule has 28 heavy (non-hydrogen) atoms. The van der Waals surface area contributed by atoms with Gasteiger partial charge in [0, 0.05) is 32.7 Å². The number of amides is 1. The van der Waals surface area contributed by atoms with E-state index in [0.29, 0.717) is 26.2 Å². The molecule has 2 aliphatic rings. The quantitative estimate of drug-likeness (QED) is 0.844. The van der Waals surface area contributed by atoms with Crippen LogP contribution in [0, 0.1) is 0 Å². The highest BCUT2D eigenvalue weighted by Gasteiger charge is 2.26. The Bertz CT molecular complexity index is 811. The van der Waals surface area contributed by atoms with Gasteiger partial charge >= 0.3 is 0 Å². The normalized spacial score (nSPS) is 20.6. The van der Waals surface area contributed by atoms with Gasteiger partial charge in [-0.25, -0.2) is 0 Å². The van der Waals surface area contributed by atoms with Gasteiger partial charge in [-0.1, -0.05) is 18.2 Å². The van der Waals surface area contributed by atoms with Crippen molar-refractivity contribution < 1.29 is 14.3 Å². The molecule has 152 valence electrons. The van der Waals surface area contributed by atoms with Crippen LogP contribution in [0.3, 0.4) is 0 Å². The molecule has 0 radical (unpaired) electrons. The number of carbonyl (C=O) groups is 1. The molecule has 6 nitrogen and oxygen atoms in total. The number of carbonyl (C=O) groups excluding carboxylic acids is 1. The second kappa shape index (κ2) is 9.56. The third-order valence-corrected chi connectivity index (χ3v) is 5.43. The van der Waals surface area contributed by atoms with Gasteiger partial charge in [-0.15, -0.1) is 12.4 Å². The summed E-state index contributed by atoms with van der Waals surface area (Å²) in [6.45, 7) is 6.17. The lowest BCUT2D eigenvalue weighted by atomic mass is 10.0. The number of morpholine rings is 1. The van der Waals surface area contributed by atoms with E-state index in [2.05, 4.69) is 34.5 Å². The maximum Gasteiger partial charge on any atom is 0.236 e. The molecule has 2 saturated heterocycles. The molecular weight excluding hydrogens is 378 g/mol. The average Bonchev–Trinajstić information content (AvgIpc) is 2.73. The third kappa shape index (κ3) is 4.75. The summed E-state index contributed by atoms with van der Waals surface area (Å²) in [5.41, 5.74) is 1.12. The number of ether oxygens (including phenoxy) is 2. The van der Waals surface area contributed by atoms with Gasteiger partial charge in [0.15, 0.2) is 0 Å². The number of nitrogens with one attached hydrogen (secondary N) is 1. The highest BCUT2D eigenvalue weighted by Crippen LogP contribution is 2.28. The van der Waals surface area contributed by atoms with Crippen LogP contribution in [0.2, 0.25) is 0 Å². The van der Waals surface area contributed by atoms with Crippen LogP contribution in [-0.2, 0) is 9.53 Å². The largest absolute Gasteiger partial charge is 0.497 e. The van der Waals surface area contributed by atoms with Gasteiger partial charge in [-0.3, -0.25) is 9.69 Å². The molecule has 0 bridgehead atoms. The first-order valence-electron chi connectivity index (χ1n) is 9.63. The molecule has 7 heteroatoms. The minimum atomic E-state index is -0.0720. The molecule has 1 N–H and O–H groups in total. The van der Waals surface area contributed by atoms with E-state index in [9.17, 15) is 4.79 Å². The number of rotatable bonds is 4. The second-order valence-corrected chi connectivity index (χ2v) is 7.20. The summed E-state index contributed by atoms with van der Waals surface area (Å²) < 4.78 is 11.3. The number of nitrogens with zero attached hydrogens (tertiary/aromatic N) is 2. The van der Waals surface area contributed by atoms with Gasteiger partial charge < -0.3 is 19.7 Å². The van der Waals surface area contributed by atoms with E-state index in [1.165, 1.54) is 0 Å². The second-order valence-electron chi connectivity index (χ2n) is 7.20. The molecule has 2 aliphatic heterocycles. The minimum absolute atomic E-state index is 0. The number of hydrogen-bond donors (Lipinski definition) is 1.